The van der Waals surface area contributed by atoms with Crippen molar-refractivity contribution in [3.05, 3.63) is 0 Å². The highest BCUT2D eigenvalue weighted by Gasteiger charge is 1.97. The van der Waals surface area contributed by atoms with Crippen molar-refractivity contribution in [2.75, 3.05) is 0 Å². The molecule has 0 aliphatic rings. The molecule has 0 aliphatic heterocycles. The van der Waals surface area contributed by atoms with Gasteiger partial charge in [0.25, 0.3) is 0 Å². The molecule has 0 N–H and O–H groups in total. The van der Waals surface area contributed by atoms with Gasteiger partial charge in [-0.15, -0.1) is 0 Å². The molecular formula is C4H7IO. The van der Waals surface area contributed by atoms with Crippen LogP contribution < -0.4 is 0 Å². The lowest BCUT2D eigenvalue weighted by atomic mass is 10.3. The standard InChI is InChI=1S/C4H7IO/c1-3(2)4(5)6/h3H,1-2H3. The minimum absolute atomic E-state index is 0.200. The van der Waals surface area contributed by atoms with Crippen molar-refractivity contribution in [3.8, 4) is 0 Å². The quantitative estimate of drug-likeness (QED) is 0.462. The Morgan fingerprint density at radius 3 is 1.83 bits per heavy atom. The van der Waals surface area contributed by atoms with Gasteiger partial charge in [0.2, 0.25) is 0 Å². The van der Waals surface area contributed by atoms with Crippen LogP contribution in [0.25, 0.3) is 0 Å². The molecule has 0 bridgehead atoms. The van der Waals surface area contributed by atoms with E-state index in [2.05, 4.69) is 0 Å². The second kappa shape index (κ2) is 2.55. The molecule has 1 nitrogen and oxygen atoms in total. The predicted octanol–water partition coefficient (Wildman–Crippen LogP) is 1.60. The molecule has 0 heterocycles. The molecule has 0 saturated carbocycles. The first-order valence-corrected chi connectivity index (χ1v) is 2.92. The van der Waals surface area contributed by atoms with E-state index in [9.17, 15) is 4.79 Å². The van der Waals surface area contributed by atoms with Crippen molar-refractivity contribution in [1.29, 1.82) is 0 Å². The lowest BCUT2D eigenvalue weighted by Crippen LogP contribution is -1.94. The summed E-state index contributed by atoms with van der Waals surface area (Å²) in [6.45, 7) is 3.77. The van der Waals surface area contributed by atoms with E-state index in [1.54, 1.807) is 22.6 Å². The van der Waals surface area contributed by atoms with Crippen molar-refractivity contribution < 1.29 is 4.79 Å². The fraction of sp³-hybridized carbons (Fsp3) is 0.750. The van der Waals surface area contributed by atoms with Gasteiger partial charge < -0.3 is 0 Å². The van der Waals surface area contributed by atoms with Gasteiger partial charge >= 0.3 is 0 Å². The second-order valence-electron chi connectivity index (χ2n) is 1.46. The van der Waals surface area contributed by atoms with Crippen molar-refractivity contribution in [1.82, 2.24) is 0 Å². The number of hydrogen-bond donors (Lipinski definition) is 0. The minimum atomic E-state index is 0.200. The van der Waals surface area contributed by atoms with E-state index in [-0.39, 0.29) is 9.71 Å². The van der Waals surface area contributed by atoms with Gasteiger partial charge in [-0.3, -0.25) is 4.79 Å². The van der Waals surface area contributed by atoms with Crippen LogP contribution in [-0.2, 0) is 4.79 Å². The lowest BCUT2D eigenvalue weighted by Gasteiger charge is -1.88. The Bertz CT molecular complexity index is 58.6. The van der Waals surface area contributed by atoms with Gasteiger partial charge in [-0.2, -0.15) is 0 Å². The third-order valence-electron chi connectivity index (χ3n) is 0.454. The molecule has 0 fully saturated rings. The number of hydrogen-bond acceptors (Lipinski definition) is 1. The first-order valence-electron chi connectivity index (χ1n) is 1.84. The summed E-state index contributed by atoms with van der Waals surface area (Å²) in [5.41, 5.74) is 0. The summed E-state index contributed by atoms with van der Waals surface area (Å²) >= 11 is 1.79. The molecule has 0 spiro atoms. The summed E-state index contributed by atoms with van der Waals surface area (Å²) in [4.78, 5) is 10.1. The van der Waals surface area contributed by atoms with E-state index in [4.69, 9.17) is 0 Å². The maximum Gasteiger partial charge on any atom is 0.194 e. The molecule has 0 amide bonds. The molecular weight excluding hydrogens is 191 g/mol. The van der Waals surface area contributed by atoms with Gasteiger partial charge in [-0.1, -0.05) is 13.8 Å². The van der Waals surface area contributed by atoms with Crippen LogP contribution >= 0.6 is 22.6 Å². The van der Waals surface area contributed by atoms with Crippen LogP contribution in [0.4, 0.5) is 0 Å². The zero-order valence-electron chi connectivity index (χ0n) is 3.86. The summed E-state index contributed by atoms with van der Waals surface area (Å²) in [6.07, 6.45) is 0. The van der Waals surface area contributed by atoms with Gasteiger partial charge in [-0.05, 0) is 22.6 Å². The van der Waals surface area contributed by atoms with Crippen LogP contribution in [0.5, 0.6) is 0 Å². The number of rotatable bonds is 1. The van der Waals surface area contributed by atoms with E-state index < -0.39 is 0 Å². The largest absolute Gasteiger partial charge is 0.288 e. The zero-order chi connectivity index (χ0) is 5.15. The number of carbonyl (C=O) groups is 1. The van der Waals surface area contributed by atoms with E-state index in [0.29, 0.717) is 0 Å². The van der Waals surface area contributed by atoms with E-state index in [0.717, 1.165) is 0 Å². The summed E-state index contributed by atoms with van der Waals surface area (Å²) in [5.74, 6) is 0.200. The molecule has 36 valence electrons. The fourth-order valence-electron chi connectivity index (χ4n) is 0. The summed E-state index contributed by atoms with van der Waals surface area (Å²) in [6, 6.07) is 0. The minimum Gasteiger partial charge on any atom is -0.288 e. The third-order valence-corrected chi connectivity index (χ3v) is 1.70. The Balaban J connectivity index is 3.26. The van der Waals surface area contributed by atoms with Crippen LogP contribution in [0.3, 0.4) is 0 Å². The average molecular weight is 198 g/mol. The molecule has 0 aromatic heterocycles. The average Bonchev–Trinajstić information content (AvgIpc) is 1.36. The normalized spacial score (nSPS) is 9.33. The molecule has 0 rings (SSSR count). The lowest BCUT2D eigenvalue weighted by molar-refractivity contribution is -0.111. The molecule has 0 unspecified atom stereocenters. The highest BCUT2D eigenvalue weighted by molar-refractivity contribution is 14.1. The first kappa shape index (κ1) is 6.40. The van der Waals surface area contributed by atoms with Crippen LogP contribution in [-0.4, -0.2) is 3.79 Å². The molecule has 0 aromatic carbocycles. The smallest absolute Gasteiger partial charge is 0.194 e. The third kappa shape index (κ3) is 2.63. The van der Waals surface area contributed by atoms with Crippen molar-refractivity contribution in [2.45, 2.75) is 13.8 Å². The van der Waals surface area contributed by atoms with Crippen molar-refractivity contribution in [2.24, 2.45) is 5.92 Å². The molecule has 0 aliphatic carbocycles. The van der Waals surface area contributed by atoms with E-state index >= 15 is 0 Å². The predicted molar refractivity (Wildman–Crippen MR) is 33.9 cm³/mol. The summed E-state index contributed by atoms with van der Waals surface area (Å²) in [5, 5.41) is 0. The fourth-order valence-corrected chi connectivity index (χ4v) is 0. The highest BCUT2D eigenvalue weighted by Crippen LogP contribution is 1.99. The van der Waals surface area contributed by atoms with Crippen molar-refractivity contribution in [3.63, 3.8) is 0 Å². The Labute approximate surface area is 51.3 Å². The molecule has 0 saturated heterocycles. The van der Waals surface area contributed by atoms with Crippen LogP contribution in [0.2, 0.25) is 0 Å². The maximum absolute atomic E-state index is 10.1. The summed E-state index contributed by atoms with van der Waals surface area (Å²) in [7, 11) is 0. The van der Waals surface area contributed by atoms with Gasteiger partial charge in [-0.25, -0.2) is 0 Å². The number of carbonyl (C=O) groups excluding carboxylic acids is 1. The second-order valence-corrected chi connectivity index (χ2v) is 2.52. The molecule has 2 heteroatoms. The Morgan fingerprint density at radius 1 is 1.67 bits per heavy atom. The zero-order valence-corrected chi connectivity index (χ0v) is 6.02. The van der Waals surface area contributed by atoms with Crippen LogP contribution in [0.15, 0.2) is 0 Å². The summed E-state index contributed by atoms with van der Waals surface area (Å²) < 4.78 is 0.229. The van der Waals surface area contributed by atoms with Crippen LogP contribution in [0.1, 0.15) is 13.8 Å². The topological polar surface area (TPSA) is 17.1 Å². The van der Waals surface area contributed by atoms with Gasteiger partial charge in [0.15, 0.2) is 3.79 Å². The van der Waals surface area contributed by atoms with Gasteiger partial charge in [0.05, 0.1) is 0 Å². The maximum atomic E-state index is 10.1. The van der Waals surface area contributed by atoms with E-state index in [1.165, 1.54) is 0 Å². The molecule has 0 atom stereocenters. The Kier molecular flexibility index (Phi) is 2.72. The molecule has 0 aromatic rings. The molecule has 6 heavy (non-hydrogen) atoms. The van der Waals surface area contributed by atoms with Crippen molar-refractivity contribution >= 4 is 26.4 Å². The highest BCUT2D eigenvalue weighted by atomic mass is 127. The SMILES string of the molecule is CC(C)C(=O)I. The Morgan fingerprint density at radius 2 is 1.83 bits per heavy atom. The van der Waals surface area contributed by atoms with Crippen LogP contribution in [0, 0.1) is 5.92 Å². The molecule has 0 radical (unpaired) electrons. The van der Waals surface area contributed by atoms with Gasteiger partial charge in [0, 0.05) is 5.92 Å². The van der Waals surface area contributed by atoms with Gasteiger partial charge in [0.1, 0.15) is 0 Å². The number of halogens is 1. The van der Waals surface area contributed by atoms with E-state index in [1.807, 2.05) is 13.8 Å². The first-order chi connectivity index (χ1) is 2.64. The monoisotopic (exact) mass is 198 g/mol. The Hall–Kier alpha value is 0.400.